The maximum absolute atomic E-state index is 13.1. The molecule has 0 aliphatic rings. The molecule has 0 saturated carbocycles. The van der Waals surface area contributed by atoms with Crippen molar-refractivity contribution in [2.45, 2.75) is 13.3 Å². The van der Waals surface area contributed by atoms with Gasteiger partial charge in [0.05, 0.1) is 5.02 Å². The number of hydrogen-bond donors (Lipinski definition) is 1. The summed E-state index contributed by atoms with van der Waals surface area (Å²) in [6.07, 6.45) is 0.589. The van der Waals surface area contributed by atoms with E-state index in [9.17, 15) is 4.39 Å². The minimum absolute atomic E-state index is 0.286. The van der Waals surface area contributed by atoms with Gasteiger partial charge in [0.1, 0.15) is 5.82 Å². The van der Waals surface area contributed by atoms with E-state index in [-0.39, 0.29) is 5.82 Å². The molecule has 2 N–H and O–H groups in total. The topological polar surface area (TPSA) is 26.0 Å². The van der Waals surface area contributed by atoms with E-state index in [1.807, 2.05) is 0 Å². The first-order valence-electron chi connectivity index (χ1n) is 4.29. The fraction of sp³-hybridized carbons (Fsp3) is 0.273. The number of halogens is 2. The molecule has 3 heteroatoms. The summed E-state index contributed by atoms with van der Waals surface area (Å²) >= 11 is 5.88. The molecule has 1 nitrogen and oxygen atoms in total. The number of benzene rings is 1. The highest BCUT2D eigenvalue weighted by Gasteiger charge is 2.02. The van der Waals surface area contributed by atoms with Crippen LogP contribution in [0.15, 0.2) is 12.1 Å². The predicted molar refractivity (Wildman–Crippen MR) is 56.7 cm³/mol. The van der Waals surface area contributed by atoms with Gasteiger partial charge in [0.15, 0.2) is 0 Å². The second-order valence-corrected chi connectivity index (χ2v) is 3.33. The molecule has 0 spiro atoms. The van der Waals surface area contributed by atoms with Crippen molar-refractivity contribution in [1.29, 1.82) is 0 Å². The monoisotopic (exact) mass is 211 g/mol. The summed E-state index contributed by atoms with van der Waals surface area (Å²) in [5.41, 5.74) is 6.32. The Morgan fingerprint density at radius 2 is 2.21 bits per heavy atom. The molecule has 0 aliphatic carbocycles. The molecule has 0 saturated heterocycles. The van der Waals surface area contributed by atoms with Crippen LogP contribution in [0.5, 0.6) is 0 Å². The zero-order valence-corrected chi connectivity index (χ0v) is 8.66. The Balaban J connectivity index is 3.00. The number of nitrogens with two attached hydrogens (primary N) is 1. The Morgan fingerprint density at radius 1 is 1.50 bits per heavy atom. The van der Waals surface area contributed by atoms with Gasteiger partial charge in [0, 0.05) is 18.5 Å². The minimum Gasteiger partial charge on any atom is -0.330 e. The standard InChI is InChI=1S/C11H11ClFN/c1-8-6-10(12)9(7-11(8)13)4-2-3-5-14/h6-7H,3,5,14H2,1H3. The summed E-state index contributed by atoms with van der Waals surface area (Å²) in [6, 6.07) is 2.92. The highest BCUT2D eigenvalue weighted by atomic mass is 35.5. The van der Waals surface area contributed by atoms with Crippen molar-refractivity contribution >= 4 is 11.6 Å². The summed E-state index contributed by atoms with van der Waals surface area (Å²) in [5.74, 6) is 5.31. The fourth-order valence-electron chi connectivity index (χ4n) is 0.972. The smallest absolute Gasteiger partial charge is 0.127 e. The third-order valence-electron chi connectivity index (χ3n) is 1.74. The third-order valence-corrected chi connectivity index (χ3v) is 2.05. The molecular weight excluding hydrogens is 201 g/mol. The van der Waals surface area contributed by atoms with Crippen molar-refractivity contribution in [1.82, 2.24) is 0 Å². The van der Waals surface area contributed by atoms with E-state index < -0.39 is 0 Å². The van der Waals surface area contributed by atoms with Gasteiger partial charge in [-0.3, -0.25) is 0 Å². The molecule has 1 aromatic carbocycles. The molecule has 1 rings (SSSR count). The van der Waals surface area contributed by atoms with Gasteiger partial charge < -0.3 is 5.73 Å². The second-order valence-electron chi connectivity index (χ2n) is 2.92. The summed E-state index contributed by atoms with van der Waals surface area (Å²) in [6.45, 7) is 2.16. The number of hydrogen-bond acceptors (Lipinski definition) is 1. The number of aryl methyl sites for hydroxylation is 1. The Hall–Kier alpha value is -1.04. The third kappa shape index (κ3) is 2.73. The maximum Gasteiger partial charge on any atom is 0.127 e. The lowest BCUT2D eigenvalue weighted by Crippen LogP contribution is -1.95. The molecule has 74 valence electrons. The zero-order chi connectivity index (χ0) is 10.6. The van der Waals surface area contributed by atoms with Gasteiger partial charge in [-0.2, -0.15) is 0 Å². The Morgan fingerprint density at radius 3 is 2.86 bits per heavy atom. The Labute approximate surface area is 88.1 Å². The largest absolute Gasteiger partial charge is 0.330 e. The molecule has 0 radical (unpaired) electrons. The molecule has 0 heterocycles. The van der Waals surface area contributed by atoms with Gasteiger partial charge in [-0.15, -0.1) is 0 Å². The van der Waals surface area contributed by atoms with Crippen molar-refractivity contribution < 1.29 is 4.39 Å². The lowest BCUT2D eigenvalue weighted by molar-refractivity contribution is 0.618. The molecule has 0 aliphatic heterocycles. The van der Waals surface area contributed by atoms with E-state index in [4.69, 9.17) is 17.3 Å². The SMILES string of the molecule is Cc1cc(Cl)c(C#CCCN)cc1F. The highest BCUT2D eigenvalue weighted by molar-refractivity contribution is 6.31. The lowest BCUT2D eigenvalue weighted by atomic mass is 10.1. The van der Waals surface area contributed by atoms with Crippen molar-refractivity contribution in [2.75, 3.05) is 6.54 Å². The van der Waals surface area contributed by atoms with Gasteiger partial charge in [-0.25, -0.2) is 4.39 Å². The molecule has 0 bridgehead atoms. The molecule has 0 amide bonds. The van der Waals surface area contributed by atoms with Crippen LogP contribution in [0.4, 0.5) is 4.39 Å². The summed E-state index contributed by atoms with van der Waals surface area (Å²) < 4.78 is 13.1. The summed E-state index contributed by atoms with van der Waals surface area (Å²) in [4.78, 5) is 0. The quantitative estimate of drug-likeness (QED) is 0.710. The van der Waals surface area contributed by atoms with Gasteiger partial charge in [0.25, 0.3) is 0 Å². The van der Waals surface area contributed by atoms with Crippen LogP contribution < -0.4 is 5.73 Å². The van der Waals surface area contributed by atoms with Crippen LogP contribution in [0.3, 0.4) is 0 Å². The molecule has 0 aromatic heterocycles. The molecule has 0 unspecified atom stereocenters. The average Bonchev–Trinajstić information content (AvgIpc) is 2.14. The Kier molecular flexibility index (Phi) is 3.94. The molecule has 14 heavy (non-hydrogen) atoms. The average molecular weight is 212 g/mol. The molecule has 1 aromatic rings. The summed E-state index contributed by atoms with van der Waals surface area (Å²) in [5, 5.41) is 0.480. The van der Waals surface area contributed by atoms with E-state index in [2.05, 4.69) is 11.8 Å². The first-order valence-corrected chi connectivity index (χ1v) is 4.67. The van der Waals surface area contributed by atoms with E-state index >= 15 is 0 Å². The van der Waals surface area contributed by atoms with Gasteiger partial charge in [0.2, 0.25) is 0 Å². The lowest BCUT2D eigenvalue weighted by Gasteiger charge is -1.99. The van der Waals surface area contributed by atoms with Crippen LogP contribution in [0.2, 0.25) is 5.02 Å². The van der Waals surface area contributed by atoms with E-state index in [1.54, 1.807) is 13.0 Å². The van der Waals surface area contributed by atoms with Gasteiger partial charge >= 0.3 is 0 Å². The molecule has 0 fully saturated rings. The maximum atomic E-state index is 13.1. The van der Waals surface area contributed by atoms with E-state index in [1.165, 1.54) is 6.07 Å². The van der Waals surface area contributed by atoms with E-state index in [0.717, 1.165) is 0 Å². The highest BCUT2D eigenvalue weighted by Crippen LogP contribution is 2.19. The molecular formula is C11H11ClFN. The Bertz CT molecular complexity index is 390. The van der Waals surface area contributed by atoms with Crippen LogP contribution in [0, 0.1) is 24.6 Å². The predicted octanol–water partition coefficient (Wildman–Crippen LogP) is 2.49. The number of rotatable bonds is 1. The molecule has 0 atom stereocenters. The van der Waals surface area contributed by atoms with Crippen LogP contribution in [0.1, 0.15) is 17.5 Å². The fourth-order valence-corrected chi connectivity index (χ4v) is 1.24. The van der Waals surface area contributed by atoms with Gasteiger partial charge in [-0.05, 0) is 24.6 Å². The normalized spacial score (nSPS) is 9.43. The van der Waals surface area contributed by atoms with Gasteiger partial charge in [-0.1, -0.05) is 23.4 Å². The first-order chi connectivity index (χ1) is 6.65. The van der Waals surface area contributed by atoms with E-state index in [0.29, 0.717) is 29.1 Å². The second kappa shape index (κ2) is 4.99. The minimum atomic E-state index is -0.286. The van der Waals surface area contributed by atoms with Crippen molar-refractivity contribution in [2.24, 2.45) is 5.73 Å². The van der Waals surface area contributed by atoms with Crippen molar-refractivity contribution in [3.63, 3.8) is 0 Å². The van der Waals surface area contributed by atoms with Crippen LogP contribution in [0.25, 0.3) is 0 Å². The van der Waals surface area contributed by atoms with Crippen LogP contribution in [-0.2, 0) is 0 Å². The summed E-state index contributed by atoms with van der Waals surface area (Å²) in [7, 11) is 0. The van der Waals surface area contributed by atoms with Crippen molar-refractivity contribution in [3.05, 3.63) is 34.1 Å². The van der Waals surface area contributed by atoms with Crippen LogP contribution >= 0.6 is 11.6 Å². The van der Waals surface area contributed by atoms with Crippen molar-refractivity contribution in [3.8, 4) is 11.8 Å². The first kappa shape index (κ1) is 11.0. The van der Waals surface area contributed by atoms with Crippen LogP contribution in [-0.4, -0.2) is 6.54 Å². The zero-order valence-electron chi connectivity index (χ0n) is 7.90.